The third-order valence-electron chi connectivity index (χ3n) is 12.2. The second kappa shape index (κ2) is 15.2. The van der Waals surface area contributed by atoms with E-state index in [0.29, 0.717) is 17.5 Å². The monoisotopic (exact) mass is 803 g/mol. The Morgan fingerprint density at radius 1 is 0.270 bits per heavy atom. The number of fused-ring (bicyclic) bond motifs is 5. The summed E-state index contributed by atoms with van der Waals surface area (Å²) in [5.74, 6) is 1.78. The minimum Gasteiger partial charge on any atom is -0.455 e. The Bertz CT molecular complexity index is 3650. The Labute approximate surface area is 364 Å². The summed E-state index contributed by atoms with van der Waals surface area (Å²) in [6, 6.07) is 78.7. The van der Waals surface area contributed by atoms with Gasteiger partial charge in [0.1, 0.15) is 11.2 Å². The van der Waals surface area contributed by atoms with Gasteiger partial charge in [0.25, 0.3) is 0 Å². The lowest BCUT2D eigenvalue weighted by atomic mass is 9.92. The van der Waals surface area contributed by atoms with E-state index in [4.69, 9.17) is 19.4 Å². The maximum Gasteiger partial charge on any atom is 0.164 e. The van der Waals surface area contributed by atoms with E-state index >= 15 is 0 Å². The maximum absolute atomic E-state index is 6.88. The zero-order chi connectivity index (χ0) is 41.7. The van der Waals surface area contributed by atoms with E-state index in [9.17, 15) is 0 Å². The summed E-state index contributed by atoms with van der Waals surface area (Å²) in [4.78, 5) is 15.9. The van der Waals surface area contributed by atoms with Gasteiger partial charge in [0.15, 0.2) is 17.5 Å². The summed E-state index contributed by atoms with van der Waals surface area (Å²) in [5, 5.41) is 6.56. The van der Waals surface area contributed by atoms with Gasteiger partial charge < -0.3 is 4.42 Å². The highest BCUT2D eigenvalue weighted by Crippen LogP contribution is 2.43. The molecule has 63 heavy (non-hydrogen) atoms. The van der Waals surface area contributed by atoms with Crippen LogP contribution in [0.1, 0.15) is 0 Å². The van der Waals surface area contributed by atoms with Crippen molar-refractivity contribution in [2.24, 2.45) is 0 Å². The Morgan fingerprint density at radius 3 is 1.49 bits per heavy atom. The molecule has 0 aliphatic heterocycles. The highest BCUT2D eigenvalue weighted by Gasteiger charge is 2.21. The molecule has 4 heteroatoms. The van der Waals surface area contributed by atoms with Gasteiger partial charge in [0.2, 0.25) is 0 Å². The van der Waals surface area contributed by atoms with Gasteiger partial charge in [-0.15, -0.1) is 0 Å². The van der Waals surface area contributed by atoms with Crippen LogP contribution < -0.4 is 0 Å². The number of rotatable bonds is 7. The number of furan rings is 1. The van der Waals surface area contributed by atoms with Crippen LogP contribution in [-0.4, -0.2) is 15.0 Å². The zero-order valence-electron chi connectivity index (χ0n) is 34.1. The summed E-state index contributed by atoms with van der Waals surface area (Å²) in [7, 11) is 0. The molecule has 0 radical (unpaired) electrons. The van der Waals surface area contributed by atoms with Crippen molar-refractivity contribution in [3.63, 3.8) is 0 Å². The minimum atomic E-state index is 0.578. The first kappa shape index (κ1) is 36.4. The van der Waals surface area contributed by atoms with Gasteiger partial charge in [-0.3, -0.25) is 0 Å². The van der Waals surface area contributed by atoms with Crippen LogP contribution in [0.5, 0.6) is 0 Å². The Kier molecular flexibility index (Phi) is 8.79. The van der Waals surface area contributed by atoms with E-state index < -0.39 is 0 Å². The molecule has 0 atom stereocenters. The van der Waals surface area contributed by atoms with Gasteiger partial charge in [-0.25, -0.2) is 15.0 Å². The quantitative estimate of drug-likeness (QED) is 0.161. The lowest BCUT2D eigenvalue weighted by molar-refractivity contribution is 0.670. The van der Waals surface area contributed by atoms with Crippen molar-refractivity contribution in [1.29, 1.82) is 0 Å². The predicted octanol–water partition coefficient (Wildman–Crippen LogP) is 15.7. The summed E-state index contributed by atoms with van der Waals surface area (Å²) in [6.07, 6.45) is 0. The third-order valence-corrected chi connectivity index (χ3v) is 12.2. The normalized spacial score (nSPS) is 11.5. The molecule has 0 aliphatic rings. The molecule has 2 heterocycles. The van der Waals surface area contributed by atoms with Crippen LogP contribution in [0.15, 0.2) is 229 Å². The number of nitrogens with zero attached hydrogens (tertiary/aromatic N) is 3. The molecule has 0 fully saturated rings. The van der Waals surface area contributed by atoms with Crippen LogP contribution in [0.25, 0.3) is 122 Å². The minimum absolute atomic E-state index is 0.578. The van der Waals surface area contributed by atoms with Gasteiger partial charge in [-0.2, -0.15) is 0 Å². The average Bonchev–Trinajstić information content (AvgIpc) is 3.76. The van der Waals surface area contributed by atoms with Crippen molar-refractivity contribution >= 4 is 43.5 Å². The fourth-order valence-corrected chi connectivity index (χ4v) is 9.15. The number of benzene rings is 10. The molecular weight excluding hydrogens is 767 g/mol. The predicted molar refractivity (Wildman–Crippen MR) is 260 cm³/mol. The van der Waals surface area contributed by atoms with Gasteiger partial charge in [-0.1, -0.05) is 206 Å². The lowest BCUT2D eigenvalue weighted by Crippen LogP contribution is -2.01. The van der Waals surface area contributed by atoms with E-state index in [-0.39, 0.29) is 0 Å². The van der Waals surface area contributed by atoms with Crippen LogP contribution in [0.4, 0.5) is 0 Å². The first-order valence-electron chi connectivity index (χ1n) is 21.3. The molecule has 12 rings (SSSR count). The Hall–Kier alpha value is -8.47. The topological polar surface area (TPSA) is 51.8 Å². The molecule has 0 N–H and O–H groups in total. The summed E-state index contributed by atoms with van der Waals surface area (Å²) in [5.41, 5.74) is 13.4. The van der Waals surface area contributed by atoms with E-state index in [0.717, 1.165) is 82.8 Å². The molecule has 0 spiro atoms. The highest BCUT2D eigenvalue weighted by atomic mass is 16.3. The third kappa shape index (κ3) is 6.44. The number of aromatic nitrogens is 3. The van der Waals surface area contributed by atoms with Crippen LogP contribution in [0.3, 0.4) is 0 Å². The molecule has 4 nitrogen and oxygen atoms in total. The van der Waals surface area contributed by atoms with Gasteiger partial charge in [0.05, 0.1) is 0 Å². The van der Waals surface area contributed by atoms with Crippen molar-refractivity contribution in [1.82, 2.24) is 15.0 Å². The van der Waals surface area contributed by atoms with Gasteiger partial charge in [-0.05, 0) is 78.7 Å². The molecule has 0 bridgehead atoms. The SMILES string of the molecule is c1ccc(-c2ccc(-c3nc(-c4cccc5c(-c6ccccc6)cccc45)nc(-c4cccc5oc6c(-c7cc(-c8ccccc8)c8ccccc8c7)cccc6c45)n3)cc2)cc1. The van der Waals surface area contributed by atoms with E-state index in [1.54, 1.807) is 0 Å². The van der Waals surface area contributed by atoms with Crippen LogP contribution in [0, 0.1) is 0 Å². The smallest absolute Gasteiger partial charge is 0.164 e. The molecule has 0 saturated heterocycles. The molecule has 0 unspecified atom stereocenters. The molecule has 0 aliphatic carbocycles. The molecule has 0 amide bonds. The van der Waals surface area contributed by atoms with E-state index in [1.807, 2.05) is 18.2 Å². The van der Waals surface area contributed by atoms with Crippen LogP contribution in [-0.2, 0) is 0 Å². The maximum atomic E-state index is 6.88. The van der Waals surface area contributed by atoms with Crippen molar-refractivity contribution in [3.8, 4) is 78.7 Å². The van der Waals surface area contributed by atoms with Crippen molar-refractivity contribution < 1.29 is 4.42 Å². The summed E-state index contributed by atoms with van der Waals surface area (Å²) < 4.78 is 6.88. The van der Waals surface area contributed by atoms with Crippen LogP contribution in [0.2, 0.25) is 0 Å². The fourth-order valence-electron chi connectivity index (χ4n) is 9.15. The number of hydrogen-bond donors (Lipinski definition) is 0. The first-order valence-corrected chi connectivity index (χ1v) is 21.3. The number of para-hydroxylation sites is 1. The molecule has 294 valence electrons. The largest absolute Gasteiger partial charge is 0.455 e. The Morgan fingerprint density at radius 2 is 0.762 bits per heavy atom. The zero-order valence-corrected chi connectivity index (χ0v) is 34.1. The standard InChI is InChI=1S/C59H37N3O/c1-4-16-38(17-5-1)39-32-34-42(35-33-39)57-60-58(50-28-14-26-48-45(24-12-27-49(48)50)40-18-6-2-7-19-40)62-59(61-57)52-30-15-31-54-55(52)51-29-13-25-47(56(51)63-54)44-36-43-22-10-11-23-46(43)53(37-44)41-20-8-3-9-21-41/h1-37H. The van der Waals surface area contributed by atoms with Crippen molar-refractivity contribution in [2.75, 3.05) is 0 Å². The highest BCUT2D eigenvalue weighted by molar-refractivity contribution is 6.16. The molecule has 0 saturated carbocycles. The summed E-state index contributed by atoms with van der Waals surface area (Å²) in [6.45, 7) is 0. The number of hydrogen-bond acceptors (Lipinski definition) is 4. The second-order valence-electron chi connectivity index (χ2n) is 15.9. The van der Waals surface area contributed by atoms with Gasteiger partial charge >= 0.3 is 0 Å². The molecule has 2 aromatic heterocycles. The fraction of sp³-hybridized carbons (Fsp3) is 0. The van der Waals surface area contributed by atoms with E-state index in [1.165, 1.54) is 21.9 Å². The first-order chi connectivity index (χ1) is 31.2. The van der Waals surface area contributed by atoms with Crippen LogP contribution >= 0.6 is 0 Å². The molecule has 10 aromatic carbocycles. The second-order valence-corrected chi connectivity index (χ2v) is 15.9. The summed E-state index contributed by atoms with van der Waals surface area (Å²) >= 11 is 0. The van der Waals surface area contributed by atoms with Crippen molar-refractivity contribution in [3.05, 3.63) is 224 Å². The lowest BCUT2D eigenvalue weighted by Gasteiger charge is -2.13. The van der Waals surface area contributed by atoms with Crippen molar-refractivity contribution in [2.45, 2.75) is 0 Å². The molecular formula is C59H37N3O. The Balaban J connectivity index is 1.06. The van der Waals surface area contributed by atoms with Gasteiger partial charge in [0, 0.05) is 33.0 Å². The van der Waals surface area contributed by atoms with E-state index in [2.05, 4.69) is 206 Å². The average molecular weight is 804 g/mol. The molecule has 12 aromatic rings.